The predicted molar refractivity (Wildman–Crippen MR) is 84.7 cm³/mol. The second-order valence-electron chi connectivity index (χ2n) is 6.33. The third kappa shape index (κ3) is 8.39. The van der Waals surface area contributed by atoms with Gasteiger partial charge in [-0.25, -0.2) is 4.79 Å². The standard InChI is InChI=1S/C18H32O2/c1-16(2)18(19)20-15-11-6-4-3-5-8-12-17-13-9-7-10-14-17/h17H,1,3-15H2,2H3. The van der Waals surface area contributed by atoms with E-state index in [0.29, 0.717) is 12.2 Å². The largest absolute Gasteiger partial charge is 0.462 e. The van der Waals surface area contributed by atoms with Crippen molar-refractivity contribution in [3.8, 4) is 0 Å². The van der Waals surface area contributed by atoms with Crippen LogP contribution in [0.2, 0.25) is 0 Å². The zero-order valence-electron chi connectivity index (χ0n) is 13.3. The SMILES string of the molecule is C=C(C)C(=O)OCCCCCCCCC1CCCCC1. The zero-order valence-corrected chi connectivity index (χ0v) is 13.3. The van der Waals surface area contributed by atoms with E-state index >= 15 is 0 Å². The fraction of sp³-hybridized carbons (Fsp3) is 0.833. The molecule has 0 aromatic heterocycles. The van der Waals surface area contributed by atoms with Crippen molar-refractivity contribution < 1.29 is 9.53 Å². The Hall–Kier alpha value is -0.790. The molecule has 0 radical (unpaired) electrons. The number of hydrogen-bond donors (Lipinski definition) is 0. The van der Waals surface area contributed by atoms with E-state index in [1.165, 1.54) is 70.6 Å². The monoisotopic (exact) mass is 280 g/mol. The maximum absolute atomic E-state index is 11.1. The van der Waals surface area contributed by atoms with E-state index in [1.54, 1.807) is 6.92 Å². The van der Waals surface area contributed by atoms with E-state index < -0.39 is 0 Å². The van der Waals surface area contributed by atoms with E-state index in [2.05, 4.69) is 6.58 Å². The summed E-state index contributed by atoms with van der Waals surface area (Å²) in [7, 11) is 0. The van der Waals surface area contributed by atoms with Crippen LogP contribution in [0.25, 0.3) is 0 Å². The van der Waals surface area contributed by atoms with Crippen molar-refractivity contribution in [1.29, 1.82) is 0 Å². The summed E-state index contributed by atoms with van der Waals surface area (Å²) in [6.45, 7) is 5.81. The maximum atomic E-state index is 11.1. The van der Waals surface area contributed by atoms with E-state index in [1.807, 2.05) is 0 Å². The molecule has 0 aliphatic heterocycles. The summed E-state index contributed by atoms with van der Waals surface area (Å²) >= 11 is 0. The second kappa shape index (κ2) is 10.9. The van der Waals surface area contributed by atoms with Crippen LogP contribution in [0.15, 0.2) is 12.2 Å². The van der Waals surface area contributed by atoms with Gasteiger partial charge in [0.15, 0.2) is 0 Å². The molecule has 1 aliphatic rings. The number of esters is 1. The van der Waals surface area contributed by atoms with Crippen molar-refractivity contribution in [2.75, 3.05) is 6.61 Å². The topological polar surface area (TPSA) is 26.3 Å². The van der Waals surface area contributed by atoms with Crippen molar-refractivity contribution >= 4 is 5.97 Å². The first-order valence-corrected chi connectivity index (χ1v) is 8.53. The third-order valence-corrected chi connectivity index (χ3v) is 4.31. The van der Waals surface area contributed by atoms with Crippen molar-refractivity contribution in [2.24, 2.45) is 5.92 Å². The molecule has 1 saturated carbocycles. The average Bonchev–Trinajstić information content (AvgIpc) is 2.46. The molecule has 0 amide bonds. The van der Waals surface area contributed by atoms with Gasteiger partial charge in [0, 0.05) is 5.57 Å². The van der Waals surface area contributed by atoms with E-state index in [0.717, 1.165) is 12.3 Å². The highest BCUT2D eigenvalue weighted by atomic mass is 16.5. The number of carbonyl (C=O) groups is 1. The molecule has 0 spiro atoms. The van der Waals surface area contributed by atoms with Crippen LogP contribution in [-0.2, 0) is 9.53 Å². The molecule has 2 heteroatoms. The average molecular weight is 280 g/mol. The Bertz CT molecular complexity index is 277. The minimum Gasteiger partial charge on any atom is -0.462 e. The molecule has 0 N–H and O–H groups in total. The van der Waals surface area contributed by atoms with E-state index in [9.17, 15) is 4.79 Å². The molecule has 0 unspecified atom stereocenters. The highest BCUT2D eigenvalue weighted by Crippen LogP contribution is 2.28. The van der Waals surface area contributed by atoms with Gasteiger partial charge in [0.1, 0.15) is 0 Å². The Morgan fingerprint density at radius 1 is 1.00 bits per heavy atom. The molecule has 2 nitrogen and oxygen atoms in total. The van der Waals surface area contributed by atoms with Gasteiger partial charge in [-0.05, 0) is 19.3 Å². The summed E-state index contributed by atoms with van der Waals surface area (Å²) in [6, 6.07) is 0. The van der Waals surface area contributed by atoms with Crippen molar-refractivity contribution in [1.82, 2.24) is 0 Å². The normalized spacial score (nSPS) is 16.1. The van der Waals surface area contributed by atoms with Gasteiger partial charge in [-0.2, -0.15) is 0 Å². The van der Waals surface area contributed by atoms with Crippen LogP contribution in [0, 0.1) is 5.92 Å². The van der Waals surface area contributed by atoms with Crippen LogP contribution >= 0.6 is 0 Å². The van der Waals surface area contributed by atoms with E-state index in [4.69, 9.17) is 4.74 Å². The molecule has 1 fully saturated rings. The van der Waals surface area contributed by atoms with Crippen molar-refractivity contribution in [3.05, 3.63) is 12.2 Å². The van der Waals surface area contributed by atoms with Gasteiger partial charge in [0.05, 0.1) is 6.61 Å². The van der Waals surface area contributed by atoms with Crippen LogP contribution in [0.5, 0.6) is 0 Å². The maximum Gasteiger partial charge on any atom is 0.333 e. The smallest absolute Gasteiger partial charge is 0.333 e. The summed E-state index contributed by atoms with van der Waals surface area (Å²) < 4.78 is 5.07. The van der Waals surface area contributed by atoms with Gasteiger partial charge in [-0.3, -0.25) is 0 Å². The van der Waals surface area contributed by atoms with Gasteiger partial charge in [-0.1, -0.05) is 77.2 Å². The molecule has 1 rings (SSSR count). The van der Waals surface area contributed by atoms with Crippen LogP contribution in [0.4, 0.5) is 0 Å². The first kappa shape index (κ1) is 17.3. The minimum absolute atomic E-state index is 0.252. The van der Waals surface area contributed by atoms with Gasteiger partial charge >= 0.3 is 5.97 Å². The van der Waals surface area contributed by atoms with Gasteiger partial charge in [-0.15, -0.1) is 0 Å². The number of hydrogen-bond acceptors (Lipinski definition) is 2. The van der Waals surface area contributed by atoms with Crippen molar-refractivity contribution in [2.45, 2.75) is 84.0 Å². The Morgan fingerprint density at radius 3 is 2.25 bits per heavy atom. The molecule has 1 aliphatic carbocycles. The second-order valence-corrected chi connectivity index (χ2v) is 6.33. The lowest BCUT2D eigenvalue weighted by atomic mass is 9.85. The molecule has 0 saturated heterocycles. The molecular weight excluding hydrogens is 248 g/mol. The number of carbonyl (C=O) groups excluding carboxylic acids is 1. The lowest BCUT2D eigenvalue weighted by molar-refractivity contribution is -0.139. The molecule has 0 heterocycles. The summed E-state index contributed by atoms with van der Waals surface area (Å²) in [5.41, 5.74) is 0.493. The van der Waals surface area contributed by atoms with Gasteiger partial charge < -0.3 is 4.74 Å². The first-order valence-electron chi connectivity index (χ1n) is 8.53. The fourth-order valence-electron chi connectivity index (χ4n) is 3.01. The Kier molecular flexibility index (Phi) is 9.44. The molecule has 116 valence electrons. The lowest BCUT2D eigenvalue weighted by Crippen LogP contribution is -2.06. The molecule has 0 bridgehead atoms. The Morgan fingerprint density at radius 2 is 1.60 bits per heavy atom. The Balaban J connectivity index is 1.80. The highest BCUT2D eigenvalue weighted by molar-refractivity contribution is 5.86. The summed E-state index contributed by atoms with van der Waals surface area (Å²) in [5.74, 6) is 0.780. The van der Waals surface area contributed by atoms with Crippen molar-refractivity contribution in [3.63, 3.8) is 0 Å². The molecule has 0 aromatic carbocycles. The zero-order chi connectivity index (χ0) is 14.6. The molecule has 0 aromatic rings. The summed E-state index contributed by atoms with van der Waals surface area (Å²) in [6.07, 6.45) is 16.4. The highest BCUT2D eigenvalue weighted by Gasteiger charge is 2.12. The summed E-state index contributed by atoms with van der Waals surface area (Å²) in [5, 5.41) is 0. The third-order valence-electron chi connectivity index (χ3n) is 4.31. The first-order chi connectivity index (χ1) is 9.70. The fourth-order valence-corrected chi connectivity index (χ4v) is 3.01. The molecule has 0 atom stereocenters. The Labute approximate surface area is 125 Å². The van der Waals surface area contributed by atoms with Crippen LogP contribution in [0.3, 0.4) is 0 Å². The van der Waals surface area contributed by atoms with Crippen LogP contribution < -0.4 is 0 Å². The molecule has 20 heavy (non-hydrogen) atoms. The molecular formula is C18H32O2. The summed E-state index contributed by atoms with van der Waals surface area (Å²) in [4.78, 5) is 11.1. The number of ether oxygens (including phenoxy) is 1. The lowest BCUT2D eigenvalue weighted by Gasteiger charge is -2.21. The van der Waals surface area contributed by atoms with E-state index in [-0.39, 0.29) is 5.97 Å². The quantitative estimate of drug-likeness (QED) is 0.303. The number of unbranched alkanes of at least 4 members (excludes halogenated alkanes) is 5. The van der Waals surface area contributed by atoms with Gasteiger partial charge in [0.2, 0.25) is 0 Å². The van der Waals surface area contributed by atoms with Gasteiger partial charge in [0.25, 0.3) is 0 Å². The van der Waals surface area contributed by atoms with Crippen LogP contribution in [-0.4, -0.2) is 12.6 Å². The number of rotatable bonds is 10. The predicted octanol–water partition coefficient (Wildman–Crippen LogP) is 5.42. The minimum atomic E-state index is -0.252. The van der Waals surface area contributed by atoms with Crippen LogP contribution in [0.1, 0.15) is 84.0 Å².